The monoisotopic (exact) mass is 605 g/mol. The first-order chi connectivity index (χ1) is 18.5. The third kappa shape index (κ3) is 6.12. The lowest BCUT2D eigenvalue weighted by Gasteiger charge is -2.26. The van der Waals surface area contributed by atoms with E-state index >= 15 is 0 Å². The second kappa shape index (κ2) is 10.9. The molecule has 13 heteroatoms. The van der Waals surface area contributed by atoms with Crippen LogP contribution in [-0.4, -0.2) is 63.3 Å². The van der Waals surface area contributed by atoms with Gasteiger partial charge in [0.2, 0.25) is 16.0 Å². The van der Waals surface area contributed by atoms with Crippen molar-refractivity contribution < 1.29 is 16.8 Å². The second-order valence-corrected chi connectivity index (χ2v) is 13.6. The highest BCUT2D eigenvalue weighted by atomic mass is 35.5. The molecule has 2 heterocycles. The zero-order valence-corrected chi connectivity index (χ0v) is 23.7. The summed E-state index contributed by atoms with van der Waals surface area (Å²) in [6.45, 7) is 0.522. The maximum absolute atomic E-state index is 13.4. The number of benzene rings is 3. The van der Waals surface area contributed by atoms with E-state index in [1.807, 2.05) is 42.5 Å². The zero-order valence-electron chi connectivity index (χ0n) is 20.6. The highest BCUT2D eigenvalue weighted by Crippen LogP contribution is 2.31. The molecule has 9 nitrogen and oxygen atoms in total. The van der Waals surface area contributed by atoms with Crippen LogP contribution in [-0.2, 0) is 20.0 Å². The van der Waals surface area contributed by atoms with E-state index in [0.29, 0.717) is 15.8 Å². The van der Waals surface area contributed by atoms with Crippen LogP contribution in [0, 0.1) is 0 Å². The van der Waals surface area contributed by atoms with Crippen molar-refractivity contribution in [3.05, 3.63) is 100 Å². The molecule has 3 aromatic carbocycles. The fourth-order valence-electron chi connectivity index (χ4n) is 4.67. The smallest absolute Gasteiger partial charge is 0.285 e. The number of sulfonamides is 2. The third-order valence-electron chi connectivity index (χ3n) is 6.69. The lowest BCUT2D eigenvalue weighted by atomic mass is 9.91. The average molecular weight is 607 g/mol. The molecule has 0 saturated carbocycles. The van der Waals surface area contributed by atoms with Gasteiger partial charge in [0.1, 0.15) is 0 Å². The molecule has 39 heavy (non-hydrogen) atoms. The Bertz CT molecular complexity index is 1630. The summed E-state index contributed by atoms with van der Waals surface area (Å²) >= 11 is 12.1. The van der Waals surface area contributed by atoms with Gasteiger partial charge in [-0.15, -0.1) is 4.40 Å². The lowest BCUT2D eigenvalue weighted by Crippen LogP contribution is -2.42. The minimum atomic E-state index is -4.20. The lowest BCUT2D eigenvalue weighted by molar-refractivity contribution is 0.376. The van der Waals surface area contributed by atoms with Crippen LogP contribution in [0.25, 0.3) is 0 Å². The molecule has 1 fully saturated rings. The number of hydrogen-bond acceptors (Lipinski definition) is 5. The molecule has 0 unspecified atom stereocenters. The highest BCUT2D eigenvalue weighted by Gasteiger charge is 2.39. The van der Waals surface area contributed by atoms with Crippen LogP contribution in [0.4, 0.5) is 0 Å². The van der Waals surface area contributed by atoms with Gasteiger partial charge in [0.15, 0.2) is 0 Å². The normalized spacial score (nSPS) is 20.4. The largest absolute Gasteiger partial charge is 0.339 e. The summed E-state index contributed by atoms with van der Waals surface area (Å²) in [6, 6.07) is 22.6. The van der Waals surface area contributed by atoms with Crippen molar-refractivity contribution >= 4 is 54.9 Å². The van der Waals surface area contributed by atoms with Gasteiger partial charge in [-0.2, -0.15) is 13.5 Å². The summed E-state index contributed by atoms with van der Waals surface area (Å²) in [5.74, 6) is -0.187. The molecule has 0 amide bonds. The van der Waals surface area contributed by atoms with Gasteiger partial charge in [-0.3, -0.25) is 0 Å². The molecule has 1 saturated heterocycles. The molecule has 2 aliphatic heterocycles. The van der Waals surface area contributed by atoms with E-state index in [1.165, 1.54) is 29.3 Å². The average Bonchev–Trinajstić information content (AvgIpc) is 3.57. The van der Waals surface area contributed by atoms with Crippen molar-refractivity contribution in [2.24, 2.45) is 14.6 Å². The van der Waals surface area contributed by atoms with E-state index in [-0.39, 0.29) is 42.8 Å². The summed E-state index contributed by atoms with van der Waals surface area (Å²) in [5, 5.41) is 11.9. The summed E-state index contributed by atoms with van der Waals surface area (Å²) in [7, 11) is -8.03. The Morgan fingerprint density at radius 1 is 0.872 bits per heavy atom. The van der Waals surface area contributed by atoms with Gasteiger partial charge in [0.05, 0.1) is 22.4 Å². The first-order valence-corrected chi connectivity index (χ1v) is 15.9. The number of likely N-dealkylation sites (tertiary alicyclic amines) is 1. The van der Waals surface area contributed by atoms with E-state index in [2.05, 4.69) is 4.40 Å². The van der Waals surface area contributed by atoms with Crippen molar-refractivity contribution in [1.82, 2.24) is 9.91 Å². The number of rotatable bonds is 5. The number of nitrogens with two attached hydrogens (primary N) is 1. The molecule has 0 radical (unpaired) electrons. The Morgan fingerprint density at radius 2 is 1.49 bits per heavy atom. The molecule has 2 atom stereocenters. The Balaban J connectivity index is 1.60. The Labute approximate surface area is 237 Å². The molecule has 3 aromatic rings. The maximum atomic E-state index is 13.4. The Hall–Kier alpha value is -2.96. The highest BCUT2D eigenvalue weighted by molar-refractivity contribution is 7.90. The molecule has 0 aromatic heterocycles. The zero-order chi connectivity index (χ0) is 27.8. The van der Waals surface area contributed by atoms with Gasteiger partial charge in [-0.1, -0.05) is 65.7 Å². The van der Waals surface area contributed by atoms with Gasteiger partial charge < -0.3 is 4.90 Å². The van der Waals surface area contributed by atoms with Crippen molar-refractivity contribution in [3.63, 3.8) is 0 Å². The van der Waals surface area contributed by atoms with Crippen LogP contribution in [0.3, 0.4) is 0 Å². The van der Waals surface area contributed by atoms with Crippen molar-refractivity contribution in [1.29, 1.82) is 0 Å². The standard InChI is InChI=1S/C26H25Cl2N5O4S2/c27-20-8-6-19(7-9-20)25-24(18-4-2-1-3-5-18)17-33(30-25)26(32-15-14-23(16-32)38(29,34)35)31-39(36,37)22-12-10-21(28)11-13-22/h1-13,23-24H,14-17H2,(H2,29,34,35)/b31-26-/t23-,24-/m1/s1. The number of guanidine groups is 1. The molecule has 5 rings (SSSR count). The summed E-state index contributed by atoms with van der Waals surface area (Å²) < 4.78 is 55.2. The molecular weight excluding hydrogens is 581 g/mol. The van der Waals surface area contributed by atoms with E-state index in [4.69, 9.17) is 33.4 Å². The van der Waals surface area contributed by atoms with Gasteiger partial charge in [-0.05, 0) is 53.9 Å². The molecular formula is C26H25Cl2N5O4S2. The van der Waals surface area contributed by atoms with Crippen LogP contribution in [0.15, 0.2) is 93.3 Å². The number of nitrogens with zero attached hydrogens (tertiary/aromatic N) is 4. The van der Waals surface area contributed by atoms with E-state index in [9.17, 15) is 16.8 Å². The predicted octanol–water partition coefficient (Wildman–Crippen LogP) is 3.90. The number of hydrazone groups is 1. The van der Waals surface area contributed by atoms with Gasteiger partial charge in [0.25, 0.3) is 10.0 Å². The molecule has 204 valence electrons. The minimum absolute atomic E-state index is 0.00783. The number of hydrogen-bond donors (Lipinski definition) is 1. The van der Waals surface area contributed by atoms with E-state index in [1.54, 1.807) is 17.0 Å². The third-order valence-corrected chi connectivity index (χ3v) is 9.78. The number of halogens is 2. The van der Waals surface area contributed by atoms with Crippen molar-refractivity contribution in [2.75, 3.05) is 19.6 Å². The molecule has 2 N–H and O–H groups in total. The fourth-order valence-corrected chi connectivity index (χ4v) is 6.75. The van der Waals surface area contributed by atoms with E-state index < -0.39 is 25.3 Å². The van der Waals surface area contributed by atoms with Gasteiger partial charge in [-0.25, -0.2) is 18.6 Å². The molecule has 0 bridgehead atoms. The molecule has 2 aliphatic rings. The van der Waals surface area contributed by atoms with Crippen LogP contribution in [0.2, 0.25) is 10.0 Å². The van der Waals surface area contributed by atoms with Crippen LogP contribution in [0.5, 0.6) is 0 Å². The van der Waals surface area contributed by atoms with Crippen molar-refractivity contribution in [2.45, 2.75) is 22.5 Å². The quantitative estimate of drug-likeness (QED) is 0.347. The first-order valence-electron chi connectivity index (χ1n) is 12.1. The minimum Gasteiger partial charge on any atom is -0.339 e. The predicted molar refractivity (Wildman–Crippen MR) is 153 cm³/mol. The van der Waals surface area contributed by atoms with Crippen LogP contribution >= 0.6 is 23.2 Å². The first kappa shape index (κ1) is 27.6. The summed E-state index contributed by atoms with van der Waals surface area (Å²) in [6.07, 6.45) is 0.239. The van der Waals surface area contributed by atoms with E-state index in [0.717, 1.165) is 11.1 Å². The SMILES string of the molecule is NS(=O)(=O)[C@@H]1CCN(/C(=N/S(=O)(=O)c2ccc(Cl)cc2)N2C[C@H](c3ccccc3)C(c3ccc(Cl)cc3)=N2)C1. The maximum Gasteiger partial charge on any atom is 0.285 e. The fraction of sp³-hybridized carbons (Fsp3) is 0.231. The van der Waals surface area contributed by atoms with Gasteiger partial charge >= 0.3 is 0 Å². The Morgan fingerprint density at radius 3 is 2.08 bits per heavy atom. The van der Waals surface area contributed by atoms with Crippen LogP contribution in [0.1, 0.15) is 23.5 Å². The van der Waals surface area contributed by atoms with Gasteiger partial charge in [0, 0.05) is 29.1 Å². The molecule has 0 aliphatic carbocycles. The topological polar surface area (TPSA) is 126 Å². The van der Waals surface area contributed by atoms with Crippen LogP contribution < -0.4 is 5.14 Å². The summed E-state index contributed by atoms with van der Waals surface area (Å²) in [4.78, 5) is 1.56. The Kier molecular flexibility index (Phi) is 7.71. The van der Waals surface area contributed by atoms with Crippen molar-refractivity contribution in [3.8, 4) is 0 Å². The second-order valence-electron chi connectivity index (χ2n) is 9.30. The molecule has 0 spiro atoms. The number of primary sulfonamides is 1. The summed E-state index contributed by atoms with van der Waals surface area (Å²) in [5.41, 5.74) is 2.51.